The number of nitrogens with one attached hydrogen (secondary N) is 1. The Labute approximate surface area is 104 Å². The molecule has 1 rings (SSSR count). The van der Waals surface area contributed by atoms with Gasteiger partial charge in [0.25, 0.3) is 0 Å². The third kappa shape index (κ3) is 5.84. The molecule has 1 aliphatic rings. The summed E-state index contributed by atoms with van der Waals surface area (Å²) in [6.07, 6.45) is 8.81. The molecule has 0 spiro atoms. The molecule has 3 N–H and O–H groups in total. The summed E-state index contributed by atoms with van der Waals surface area (Å²) in [7, 11) is 1.61. The molecule has 0 aromatic carbocycles. The van der Waals surface area contributed by atoms with Gasteiger partial charge in [-0.2, -0.15) is 0 Å². The van der Waals surface area contributed by atoms with Crippen LogP contribution in [0.25, 0.3) is 0 Å². The van der Waals surface area contributed by atoms with Crippen molar-refractivity contribution in [2.75, 3.05) is 20.3 Å². The zero-order valence-corrected chi connectivity index (χ0v) is 10.7. The van der Waals surface area contributed by atoms with E-state index in [2.05, 4.69) is 11.4 Å². The zero-order valence-electron chi connectivity index (χ0n) is 10.7. The fraction of sp³-hybridized carbons (Fsp3) is 0.769. The van der Waals surface area contributed by atoms with E-state index < -0.39 is 6.04 Å². The fourth-order valence-corrected chi connectivity index (χ4v) is 1.98. The molecular weight excluding hydrogens is 216 g/mol. The van der Waals surface area contributed by atoms with Crippen LogP contribution in [0.2, 0.25) is 0 Å². The maximum atomic E-state index is 11.6. The van der Waals surface area contributed by atoms with E-state index in [0.717, 1.165) is 6.42 Å². The Balaban J connectivity index is 2.12. The summed E-state index contributed by atoms with van der Waals surface area (Å²) in [5.41, 5.74) is 7.19. The molecule has 98 valence electrons. The molecule has 0 aromatic heterocycles. The molecule has 0 aliphatic heterocycles. The maximum absolute atomic E-state index is 11.6. The Bertz CT molecular complexity index is 264. The Kier molecular flexibility index (Phi) is 6.89. The number of ether oxygens (including phenoxy) is 1. The largest absolute Gasteiger partial charge is 0.385 e. The standard InChI is InChI=1S/C13H24N2O2/c1-17-10-8-12(14)13(16)15-9-7-11-5-3-2-4-6-11/h5,12H,2-4,6-10,14H2,1H3,(H,15,16). The lowest BCUT2D eigenvalue weighted by molar-refractivity contribution is -0.122. The van der Waals surface area contributed by atoms with E-state index in [-0.39, 0.29) is 5.91 Å². The summed E-state index contributed by atoms with van der Waals surface area (Å²) < 4.78 is 4.89. The molecule has 0 bridgehead atoms. The highest BCUT2D eigenvalue weighted by Crippen LogP contribution is 2.19. The molecule has 0 radical (unpaired) electrons. The van der Waals surface area contributed by atoms with Crippen molar-refractivity contribution in [2.45, 2.75) is 44.6 Å². The second-order valence-electron chi connectivity index (χ2n) is 4.54. The average Bonchev–Trinajstić information content (AvgIpc) is 2.37. The molecule has 4 nitrogen and oxygen atoms in total. The highest BCUT2D eigenvalue weighted by Gasteiger charge is 2.12. The summed E-state index contributed by atoms with van der Waals surface area (Å²) in [5.74, 6) is -0.0709. The summed E-state index contributed by atoms with van der Waals surface area (Å²) in [6.45, 7) is 1.23. The van der Waals surface area contributed by atoms with E-state index in [1.54, 1.807) is 7.11 Å². The number of carbonyl (C=O) groups is 1. The monoisotopic (exact) mass is 240 g/mol. The first-order valence-corrected chi connectivity index (χ1v) is 6.44. The number of rotatable bonds is 7. The summed E-state index contributed by atoms with van der Waals surface area (Å²) >= 11 is 0. The number of hydrogen-bond donors (Lipinski definition) is 2. The van der Waals surface area contributed by atoms with Crippen molar-refractivity contribution in [3.8, 4) is 0 Å². The van der Waals surface area contributed by atoms with Crippen LogP contribution >= 0.6 is 0 Å². The molecule has 0 heterocycles. The number of allylic oxidation sites excluding steroid dienone is 1. The second-order valence-corrected chi connectivity index (χ2v) is 4.54. The molecule has 1 amide bonds. The number of carbonyl (C=O) groups excluding carboxylic acids is 1. The molecule has 0 saturated heterocycles. The van der Waals surface area contributed by atoms with Gasteiger partial charge in [-0.3, -0.25) is 4.79 Å². The molecule has 1 aliphatic carbocycles. The van der Waals surface area contributed by atoms with Gasteiger partial charge in [0, 0.05) is 20.3 Å². The molecule has 4 heteroatoms. The third-order valence-electron chi connectivity index (χ3n) is 3.10. The van der Waals surface area contributed by atoms with E-state index in [9.17, 15) is 4.79 Å². The molecular formula is C13H24N2O2. The Morgan fingerprint density at radius 3 is 3.06 bits per heavy atom. The minimum atomic E-state index is -0.449. The van der Waals surface area contributed by atoms with Gasteiger partial charge in [-0.05, 0) is 38.5 Å². The highest BCUT2D eigenvalue weighted by atomic mass is 16.5. The van der Waals surface area contributed by atoms with Crippen LogP contribution in [0.4, 0.5) is 0 Å². The van der Waals surface area contributed by atoms with Crippen LogP contribution in [-0.2, 0) is 9.53 Å². The zero-order chi connectivity index (χ0) is 12.5. The van der Waals surface area contributed by atoms with Gasteiger partial charge in [0.1, 0.15) is 0 Å². The van der Waals surface area contributed by atoms with Gasteiger partial charge in [0.05, 0.1) is 6.04 Å². The minimum Gasteiger partial charge on any atom is -0.385 e. The number of methoxy groups -OCH3 is 1. The quantitative estimate of drug-likeness (QED) is 0.660. The normalized spacial score (nSPS) is 17.4. The van der Waals surface area contributed by atoms with Gasteiger partial charge < -0.3 is 15.8 Å². The summed E-state index contributed by atoms with van der Waals surface area (Å²) in [6, 6.07) is -0.449. The topological polar surface area (TPSA) is 64.3 Å². The van der Waals surface area contributed by atoms with E-state index in [4.69, 9.17) is 10.5 Å². The van der Waals surface area contributed by atoms with Crippen molar-refractivity contribution in [1.82, 2.24) is 5.32 Å². The SMILES string of the molecule is COCCC(N)C(=O)NCCC1=CCCCC1. The van der Waals surface area contributed by atoms with Crippen molar-refractivity contribution >= 4 is 5.91 Å². The van der Waals surface area contributed by atoms with Gasteiger partial charge in [0.15, 0.2) is 0 Å². The minimum absolute atomic E-state index is 0.0709. The van der Waals surface area contributed by atoms with Crippen molar-refractivity contribution in [1.29, 1.82) is 0 Å². The molecule has 0 saturated carbocycles. The van der Waals surface area contributed by atoms with Gasteiger partial charge in [-0.1, -0.05) is 11.6 Å². The molecule has 1 atom stereocenters. The summed E-state index contributed by atoms with van der Waals surface area (Å²) in [4.78, 5) is 11.6. The predicted molar refractivity (Wildman–Crippen MR) is 68.6 cm³/mol. The fourth-order valence-electron chi connectivity index (χ4n) is 1.98. The first-order valence-electron chi connectivity index (χ1n) is 6.44. The van der Waals surface area contributed by atoms with Gasteiger partial charge in [-0.15, -0.1) is 0 Å². The highest BCUT2D eigenvalue weighted by molar-refractivity contribution is 5.81. The van der Waals surface area contributed by atoms with Crippen molar-refractivity contribution in [3.63, 3.8) is 0 Å². The lowest BCUT2D eigenvalue weighted by atomic mass is 9.97. The molecule has 1 unspecified atom stereocenters. The first-order chi connectivity index (χ1) is 8.24. The van der Waals surface area contributed by atoms with Gasteiger partial charge in [-0.25, -0.2) is 0 Å². The number of hydrogen-bond acceptors (Lipinski definition) is 3. The van der Waals surface area contributed by atoms with Crippen LogP contribution in [0.1, 0.15) is 38.5 Å². The number of nitrogens with two attached hydrogens (primary N) is 1. The lowest BCUT2D eigenvalue weighted by Gasteiger charge is -2.14. The molecule has 0 aromatic rings. The Morgan fingerprint density at radius 1 is 1.59 bits per heavy atom. The summed E-state index contributed by atoms with van der Waals surface area (Å²) in [5, 5.41) is 2.88. The van der Waals surface area contributed by atoms with Crippen LogP contribution < -0.4 is 11.1 Å². The Morgan fingerprint density at radius 2 is 2.41 bits per heavy atom. The molecule has 17 heavy (non-hydrogen) atoms. The Hall–Kier alpha value is -0.870. The van der Waals surface area contributed by atoms with E-state index in [1.807, 2.05) is 0 Å². The van der Waals surface area contributed by atoms with Crippen LogP contribution in [0.3, 0.4) is 0 Å². The van der Waals surface area contributed by atoms with Crippen LogP contribution in [-0.4, -0.2) is 32.2 Å². The van der Waals surface area contributed by atoms with E-state index >= 15 is 0 Å². The molecule has 0 fully saturated rings. The van der Waals surface area contributed by atoms with E-state index in [1.165, 1.54) is 31.3 Å². The van der Waals surface area contributed by atoms with Crippen molar-refractivity contribution in [3.05, 3.63) is 11.6 Å². The van der Waals surface area contributed by atoms with E-state index in [0.29, 0.717) is 19.6 Å². The van der Waals surface area contributed by atoms with Crippen LogP contribution in [0, 0.1) is 0 Å². The smallest absolute Gasteiger partial charge is 0.237 e. The first kappa shape index (κ1) is 14.2. The number of amides is 1. The van der Waals surface area contributed by atoms with Gasteiger partial charge >= 0.3 is 0 Å². The van der Waals surface area contributed by atoms with Crippen LogP contribution in [0.5, 0.6) is 0 Å². The van der Waals surface area contributed by atoms with Crippen molar-refractivity contribution < 1.29 is 9.53 Å². The van der Waals surface area contributed by atoms with Gasteiger partial charge in [0.2, 0.25) is 5.91 Å². The van der Waals surface area contributed by atoms with Crippen LogP contribution in [0.15, 0.2) is 11.6 Å². The van der Waals surface area contributed by atoms with Crippen molar-refractivity contribution in [2.24, 2.45) is 5.73 Å². The second kappa shape index (κ2) is 8.25. The maximum Gasteiger partial charge on any atom is 0.237 e. The third-order valence-corrected chi connectivity index (χ3v) is 3.10. The lowest BCUT2D eigenvalue weighted by Crippen LogP contribution is -2.41. The predicted octanol–water partition coefficient (Wildman–Crippen LogP) is 1.36. The average molecular weight is 240 g/mol.